The van der Waals surface area contributed by atoms with Gasteiger partial charge in [-0.05, 0) is 28.1 Å². The highest BCUT2D eigenvalue weighted by Gasteiger charge is 2.19. The Morgan fingerprint density at radius 1 is 0.840 bits per heavy atom. The van der Waals surface area contributed by atoms with E-state index in [0.29, 0.717) is 6.54 Å². The summed E-state index contributed by atoms with van der Waals surface area (Å²) in [5.74, 6) is 1.74. The predicted molar refractivity (Wildman–Crippen MR) is 92.6 cm³/mol. The van der Waals surface area contributed by atoms with Crippen molar-refractivity contribution in [3.8, 4) is 0 Å². The molecule has 7 heteroatoms. The smallest absolute Gasteiger partial charge is 0.165 e. The molecule has 0 bridgehead atoms. The second-order valence-corrected chi connectivity index (χ2v) is 6.37. The van der Waals surface area contributed by atoms with Crippen molar-refractivity contribution in [3.63, 3.8) is 0 Å². The summed E-state index contributed by atoms with van der Waals surface area (Å²) in [6.45, 7) is 6.55. The number of benzene rings is 1. The maximum Gasteiger partial charge on any atom is 0.165 e. The van der Waals surface area contributed by atoms with E-state index in [1.165, 1.54) is 5.56 Å². The van der Waals surface area contributed by atoms with Crippen LogP contribution in [0, 0.1) is 0 Å². The number of tetrazole rings is 1. The average Bonchev–Trinajstić information content (AvgIpc) is 3.31. The van der Waals surface area contributed by atoms with Crippen molar-refractivity contribution >= 4 is 0 Å². The Balaban J connectivity index is 1.30. The predicted octanol–water partition coefficient (Wildman–Crippen LogP) is 1.63. The first-order valence-corrected chi connectivity index (χ1v) is 8.63. The van der Waals surface area contributed by atoms with Crippen LogP contribution in [0.25, 0.3) is 0 Å². The van der Waals surface area contributed by atoms with Crippen LogP contribution < -0.4 is 0 Å². The Morgan fingerprint density at radius 2 is 1.60 bits per heavy atom. The minimum atomic E-state index is 0.573. The lowest BCUT2D eigenvalue weighted by Gasteiger charge is -2.34. The molecule has 3 heterocycles. The van der Waals surface area contributed by atoms with Crippen molar-refractivity contribution in [2.75, 3.05) is 26.2 Å². The van der Waals surface area contributed by atoms with Crippen LogP contribution in [0.15, 0.2) is 53.1 Å². The molecule has 1 saturated heterocycles. The molecule has 0 amide bonds. The van der Waals surface area contributed by atoms with E-state index in [2.05, 4.69) is 55.7 Å². The zero-order valence-electron chi connectivity index (χ0n) is 14.2. The van der Waals surface area contributed by atoms with E-state index in [4.69, 9.17) is 4.42 Å². The van der Waals surface area contributed by atoms with Gasteiger partial charge < -0.3 is 4.42 Å². The topological polar surface area (TPSA) is 63.2 Å². The fourth-order valence-corrected chi connectivity index (χ4v) is 3.16. The third-order valence-electron chi connectivity index (χ3n) is 4.57. The third kappa shape index (κ3) is 4.12. The molecule has 0 saturated carbocycles. The Bertz CT molecular complexity index is 762. The SMILES string of the molecule is c1ccc(CN2CCN(Cc3nnnn3Cc3ccco3)CC2)cc1. The second kappa shape index (κ2) is 7.58. The van der Waals surface area contributed by atoms with Gasteiger partial charge in [0.05, 0.1) is 12.8 Å². The molecule has 7 nitrogen and oxygen atoms in total. The first-order valence-electron chi connectivity index (χ1n) is 8.63. The van der Waals surface area contributed by atoms with Crippen molar-refractivity contribution in [2.45, 2.75) is 19.6 Å². The average molecular weight is 338 g/mol. The first-order chi connectivity index (χ1) is 12.4. The van der Waals surface area contributed by atoms with Crippen LogP contribution in [0.5, 0.6) is 0 Å². The van der Waals surface area contributed by atoms with Gasteiger partial charge in [0.1, 0.15) is 12.3 Å². The van der Waals surface area contributed by atoms with E-state index in [9.17, 15) is 0 Å². The summed E-state index contributed by atoms with van der Waals surface area (Å²) in [5.41, 5.74) is 1.37. The highest BCUT2D eigenvalue weighted by Crippen LogP contribution is 2.11. The number of furan rings is 1. The quantitative estimate of drug-likeness (QED) is 0.681. The molecule has 0 N–H and O–H groups in total. The highest BCUT2D eigenvalue weighted by molar-refractivity contribution is 5.14. The van der Waals surface area contributed by atoms with Gasteiger partial charge in [-0.25, -0.2) is 4.68 Å². The lowest BCUT2D eigenvalue weighted by Crippen LogP contribution is -2.45. The number of hydrogen-bond donors (Lipinski definition) is 0. The van der Waals surface area contributed by atoms with E-state index in [0.717, 1.165) is 50.9 Å². The monoisotopic (exact) mass is 338 g/mol. The molecule has 0 radical (unpaired) electrons. The summed E-state index contributed by atoms with van der Waals surface area (Å²) < 4.78 is 7.20. The molecular formula is C18H22N6O. The van der Waals surface area contributed by atoms with E-state index < -0.39 is 0 Å². The minimum absolute atomic E-state index is 0.573. The van der Waals surface area contributed by atoms with Gasteiger partial charge in [0, 0.05) is 32.7 Å². The number of hydrogen-bond acceptors (Lipinski definition) is 6. The van der Waals surface area contributed by atoms with Crippen LogP contribution in [0.2, 0.25) is 0 Å². The molecule has 1 aliphatic rings. The maximum atomic E-state index is 5.39. The van der Waals surface area contributed by atoms with Gasteiger partial charge in [0.15, 0.2) is 5.82 Å². The van der Waals surface area contributed by atoms with Crippen molar-refractivity contribution in [1.82, 2.24) is 30.0 Å². The summed E-state index contributed by atoms with van der Waals surface area (Å²) >= 11 is 0. The number of piperazine rings is 1. The number of nitrogens with zero attached hydrogens (tertiary/aromatic N) is 6. The van der Waals surface area contributed by atoms with Crippen molar-refractivity contribution in [3.05, 3.63) is 65.9 Å². The summed E-state index contributed by atoms with van der Waals surface area (Å²) in [6, 6.07) is 14.5. The van der Waals surface area contributed by atoms with Gasteiger partial charge in [-0.15, -0.1) is 5.10 Å². The van der Waals surface area contributed by atoms with Gasteiger partial charge >= 0.3 is 0 Å². The lowest BCUT2D eigenvalue weighted by molar-refractivity contribution is 0.118. The summed E-state index contributed by atoms with van der Waals surface area (Å²) in [7, 11) is 0. The molecule has 2 aromatic heterocycles. The lowest BCUT2D eigenvalue weighted by atomic mass is 10.2. The molecule has 25 heavy (non-hydrogen) atoms. The maximum absolute atomic E-state index is 5.39. The van der Waals surface area contributed by atoms with Gasteiger partial charge in [-0.1, -0.05) is 30.3 Å². The molecule has 0 spiro atoms. The normalized spacial score (nSPS) is 16.3. The Labute approximate surface area is 146 Å². The van der Waals surface area contributed by atoms with Gasteiger partial charge in [0.2, 0.25) is 0 Å². The Hall–Kier alpha value is -2.51. The Kier molecular flexibility index (Phi) is 4.85. The molecule has 3 aromatic rings. The van der Waals surface area contributed by atoms with E-state index in [1.54, 1.807) is 6.26 Å². The van der Waals surface area contributed by atoms with Crippen LogP contribution in [0.4, 0.5) is 0 Å². The molecule has 0 aliphatic carbocycles. The van der Waals surface area contributed by atoms with Gasteiger partial charge in [0.25, 0.3) is 0 Å². The summed E-state index contributed by atoms with van der Waals surface area (Å²) in [5, 5.41) is 12.1. The third-order valence-corrected chi connectivity index (χ3v) is 4.57. The van der Waals surface area contributed by atoms with Crippen LogP contribution in [-0.4, -0.2) is 56.2 Å². The number of rotatable bonds is 6. The fourth-order valence-electron chi connectivity index (χ4n) is 3.16. The molecule has 1 aromatic carbocycles. The molecule has 0 atom stereocenters. The molecule has 130 valence electrons. The largest absolute Gasteiger partial charge is 0.467 e. The van der Waals surface area contributed by atoms with Gasteiger partial charge in [-0.3, -0.25) is 9.80 Å². The highest BCUT2D eigenvalue weighted by atomic mass is 16.3. The van der Waals surface area contributed by atoms with Gasteiger partial charge in [-0.2, -0.15) is 0 Å². The minimum Gasteiger partial charge on any atom is -0.467 e. The standard InChI is InChI=1S/C18H22N6O/c1-2-5-16(6-3-1)13-22-8-10-23(11-9-22)15-18-19-20-21-24(18)14-17-7-4-12-25-17/h1-7,12H,8-11,13-15H2. The van der Waals surface area contributed by atoms with Crippen molar-refractivity contribution < 1.29 is 4.42 Å². The van der Waals surface area contributed by atoms with Crippen LogP contribution >= 0.6 is 0 Å². The first kappa shape index (κ1) is 16.0. The molecule has 1 aliphatic heterocycles. The second-order valence-electron chi connectivity index (χ2n) is 6.37. The Morgan fingerprint density at radius 3 is 2.32 bits per heavy atom. The van der Waals surface area contributed by atoms with E-state index in [1.807, 2.05) is 16.8 Å². The van der Waals surface area contributed by atoms with Crippen molar-refractivity contribution in [1.29, 1.82) is 0 Å². The molecule has 4 rings (SSSR count). The summed E-state index contributed by atoms with van der Waals surface area (Å²) in [4.78, 5) is 4.91. The van der Waals surface area contributed by atoms with Crippen LogP contribution in [-0.2, 0) is 19.6 Å². The molecular weight excluding hydrogens is 316 g/mol. The van der Waals surface area contributed by atoms with Crippen LogP contribution in [0.1, 0.15) is 17.1 Å². The van der Waals surface area contributed by atoms with E-state index >= 15 is 0 Å². The molecule has 0 unspecified atom stereocenters. The fraction of sp³-hybridized carbons (Fsp3) is 0.389. The zero-order chi connectivity index (χ0) is 16.9. The number of aromatic nitrogens is 4. The van der Waals surface area contributed by atoms with E-state index in [-0.39, 0.29) is 0 Å². The summed E-state index contributed by atoms with van der Waals surface area (Å²) in [6.07, 6.45) is 1.67. The van der Waals surface area contributed by atoms with Crippen LogP contribution in [0.3, 0.4) is 0 Å². The molecule has 1 fully saturated rings. The van der Waals surface area contributed by atoms with Crippen molar-refractivity contribution in [2.24, 2.45) is 0 Å². The zero-order valence-corrected chi connectivity index (χ0v) is 14.2.